The molecule has 0 saturated carbocycles. The summed E-state index contributed by atoms with van der Waals surface area (Å²) in [4.78, 5) is 0. The highest BCUT2D eigenvalue weighted by molar-refractivity contribution is 5.20. The molecule has 0 aromatic carbocycles. The maximum Gasteiger partial charge on any atom is -0.0134 e. The summed E-state index contributed by atoms with van der Waals surface area (Å²) in [5.74, 6) is 0. The number of hydrogen-bond acceptors (Lipinski definition) is 0. The second-order valence-corrected chi connectivity index (χ2v) is 6.55. The zero-order valence-corrected chi connectivity index (χ0v) is 14.2. The minimum absolute atomic E-state index is 1.17. The molecule has 0 aromatic heterocycles. The van der Waals surface area contributed by atoms with Crippen molar-refractivity contribution >= 4 is 0 Å². The van der Waals surface area contributed by atoms with Crippen molar-refractivity contribution in [3.8, 4) is 0 Å². The van der Waals surface area contributed by atoms with Crippen LogP contribution >= 0.6 is 0 Å². The van der Waals surface area contributed by atoms with Gasteiger partial charge in [0.15, 0.2) is 0 Å². The molecule has 0 unspecified atom stereocenters. The third kappa shape index (κ3) is 6.93. The minimum atomic E-state index is 1.17. The Kier molecular flexibility index (Phi) is 7.65. The smallest absolute Gasteiger partial charge is 0.0134 e. The summed E-state index contributed by atoms with van der Waals surface area (Å²) in [5.41, 5.74) is 7.82. The normalized spacial score (nSPS) is 19.9. The van der Waals surface area contributed by atoms with Gasteiger partial charge in [-0.05, 0) is 79.6 Å². The van der Waals surface area contributed by atoms with Crippen LogP contribution in [0.25, 0.3) is 0 Å². The van der Waals surface area contributed by atoms with Crippen LogP contribution in [0.15, 0.2) is 46.1 Å². The van der Waals surface area contributed by atoms with Crippen molar-refractivity contribution < 1.29 is 0 Å². The lowest BCUT2D eigenvalue weighted by Gasteiger charge is -2.13. The van der Waals surface area contributed by atoms with E-state index in [1.54, 1.807) is 22.3 Å². The zero-order valence-electron chi connectivity index (χ0n) is 14.2. The van der Waals surface area contributed by atoms with Crippen molar-refractivity contribution in [2.24, 2.45) is 0 Å². The molecule has 0 aliphatic heterocycles. The number of hydrogen-bond donors (Lipinski definition) is 0. The van der Waals surface area contributed by atoms with Gasteiger partial charge in [-0.2, -0.15) is 0 Å². The highest BCUT2D eigenvalue weighted by Gasteiger charge is 2.05. The molecule has 1 aliphatic carbocycles. The van der Waals surface area contributed by atoms with Gasteiger partial charge >= 0.3 is 0 Å². The molecule has 1 aliphatic rings. The van der Waals surface area contributed by atoms with Crippen LogP contribution in [0.5, 0.6) is 0 Å². The molecule has 0 amide bonds. The van der Waals surface area contributed by atoms with E-state index in [0.717, 1.165) is 0 Å². The first-order valence-corrected chi connectivity index (χ1v) is 8.11. The standard InChI is InChI=1S/C20H32/c1-16(2)8-6-11-19(5)20-14-12-17(3)9-7-10-18(4)13-15-20/h8-9,13H,6-7,10-12,14-15H2,1-5H3. The molecule has 0 heteroatoms. The van der Waals surface area contributed by atoms with Crippen molar-refractivity contribution in [3.05, 3.63) is 46.1 Å². The van der Waals surface area contributed by atoms with Gasteiger partial charge in [0.25, 0.3) is 0 Å². The maximum atomic E-state index is 2.45. The highest BCUT2D eigenvalue weighted by atomic mass is 14.1. The third-order valence-corrected chi connectivity index (χ3v) is 4.22. The van der Waals surface area contributed by atoms with E-state index < -0.39 is 0 Å². The van der Waals surface area contributed by atoms with Crippen LogP contribution in [-0.2, 0) is 0 Å². The van der Waals surface area contributed by atoms with Crippen LogP contribution in [0.2, 0.25) is 0 Å². The second-order valence-electron chi connectivity index (χ2n) is 6.55. The van der Waals surface area contributed by atoms with Gasteiger partial charge in [-0.1, -0.05) is 46.1 Å². The van der Waals surface area contributed by atoms with E-state index in [1.807, 2.05) is 0 Å². The van der Waals surface area contributed by atoms with E-state index in [2.05, 4.69) is 52.8 Å². The first-order valence-electron chi connectivity index (χ1n) is 8.11. The monoisotopic (exact) mass is 272 g/mol. The van der Waals surface area contributed by atoms with E-state index in [-0.39, 0.29) is 0 Å². The van der Waals surface area contributed by atoms with Gasteiger partial charge in [-0.25, -0.2) is 0 Å². The summed E-state index contributed by atoms with van der Waals surface area (Å²) >= 11 is 0. The van der Waals surface area contributed by atoms with Crippen molar-refractivity contribution in [1.29, 1.82) is 0 Å². The SMILES string of the molecule is CC(C)=CCCC(C)=C1CC=C(C)CCC=C(C)CC1. The Labute approximate surface area is 126 Å². The van der Waals surface area contributed by atoms with Gasteiger partial charge in [-0.15, -0.1) is 0 Å². The molecule has 0 nitrogen and oxygen atoms in total. The molecular weight excluding hydrogens is 240 g/mol. The van der Waals surface area contributed by atoms with E-state index in [4.69, 9.17) is 0 Å². The Bertz CT molecular complexity index is 423. The van der Waals surface area contributed by atoms with Gasteiger partial charge in [0, 0.05) is 0 Å². The number of rotatable bonds is 3. The minimum Gasteiger partial charge on any atom is -0.0856 e. The molecule has 0 radical (unpaired) electrons. The van der Waals surface area contributed by atoms with Crippen LogP contribution in [0.4, 0.5) is 0 Å². The van der Waals surface area contributed by atoms with Crippen molar-refractivity contribution in [1.82, 2.24) is 0 Å². The zero-order chi connectivity index (χ0) is 15.0. The summed E-state index contributed by atoms with van der Waals surface area (Å²) in [6, 6.07) is 0. The van der Waals surface area contributed by atoms with Crippen molar-refractivity contribution in [2.75, 3.05) is 0 Å². The largest absolute Gasteiger partial charge is 0.0856 e. The van der Waals surface area contributed by atoms with Crippen LogP contribution in [0.3, 0.4) is 0 Å². The van der Waals surface area contributed by atoms with Crippen LogP contribution in [0.1, 0.15) is 79.6 Å². The Morgan fingerprint density at radius 3 is 2.40 bits per heavy atom. The fraction of sp³-hybridized carbons (Fsp3) is 0.600. The molecule has 0 N–H and O–H groups in total. The van der Waals surface area contributed by atoms with E-state index in [1.165, 1.54) is 50.5 Å². The topological polar surface area (TPSA) is 0 Å². The molecular formula is C20H32. The fourth-order valence-electron chi connectivity index (χ4n) is 2.64. The number of allylic oxidation sites excluding steroid dienone is 8. The Balaban J connectivity index is 2.77. The highest BCUT2D eigenvalue weighted by Crippen LogP contribution is 2.25. The molecule has 112 valence electrons. The molecule has 0 saturated heterocycles. The molecule has 0 heterocycles. The molecule has 0 fully saturated rings. The Hall–Kier alpha value is -1.04. The van der Waals surface area contributed by atoms with E-state index >= 15 is 0 Å². The summed E-state index contributed by atoms with van der Waals surface area (Å²) in [5, 5.41) is 0. The summed E-state index contributed by atoms with van der Waals surface area (Å²) in [7, 11) is 0. The van der Waals surface area contributed by atoms with Crippen molar-refractivity contribution in [2.45, 2.75) is 79.6 Å². The lowest BCUT2D eigenvalue weighted by molar-refractivity contribution is 0.823. The van der Waals surface area contributed by atoms with Crippen LogP contribution in [0, 0.1) is 0 Å². The average molecular weight is 272 g/mol. The summed E-state index contributed by atoms with van der Waals surface area (Å²) < 4.78 is 0. The van der Waals surface area contributed by atoms with Gasteiger partial charge in [-0.3, -0.25) is 0 Å². The molecule has 0 aromatic rings. The molecule has 20 heavy (non-hydrogen) atoms. The molecule has 0 spiro atoms. The van der Waals surface area contributed by atoms with Gasteiger partial charge in [0.05, 0.1) is 0 Å². The Morgan fingerprint density at radius 2 is 1.70 bits per heavy atom. The van der Waals surface area contributed by atoms with Crippen molar-refractivity contribution in [3.63, 3.8) is 0 Å². The predicted molar refractivity (Wildman–Crippen MR) is 92.0 cm³/mol. The van der Waals surface area contributed by atoms with Crippen LogP contribution in [-0.4, -0.2) is 0 Å². The van der Waals surface area contributed by atoms with E-state index in [0.29, 0.717) is 0 Å². The first kappa shape index (κ1) is 17.0. The van der Waals surface area contributed by atoms with E-state index in [9.17, 15) is 0 Å². The predicted octanol–water partition coefficient (Wildman–Crippen LogP) is 6.91. The summed E-state index contributed by atoms with van der Waals surface area (Å²) in [6.07, 6.45) is 15.7. The molecule has 0 bridgehead atoms. The summed E-state index contributed by atoms with van der Waals surface area (Å²) in [6.45, 7) is 11.3. The third-order valence-electron chi connectivity index (χ3n) is 4.22. The lowest BCUT2D eigenvalue weighted by Crippen LogP contribution is -1.93. The first-order chi connectivity index (χ1) is 9.49. The van der Waals surface area contributed by atoms with Gasteiger partial charge in [0.2, 0.25) is 0 Å². The Morgan fingerprint density at radius 1 is 1.00 bits per heavy atom. The van der Waals surface area contributed by atoms with Gasteiger partial charge < -0.3 is 0 Å². The second kappa shape index (κ2) is 9.00. The maximum absolute atomic E-state index is 2.45. The molecule has 1 rings (SSSR count). The lowest BCUT2D eigenvalue weighted by atomic mass is 9.93. The fourth-order valence-corrected chi connectivity index (χ4v) is 2.64. The molecule has 0 atom stereocenters. The van der Waals surface area contributed by atoms with Crippen LogP contribution < -0.4 is 0 Å². The quantitative estimate of drug-likeness (QED) is 0.490. The average Bonchev–Trinajstić information content (AvgIpc) is 2.37. The van der Waals surface area contributed by atoms with Gasteiger partial charge in [0.1, 0.15) is 0 Å².